The molecule has 0 bridgehead atoms. The van der Waals surface area contributed by atoms with Crippen molar-refractivity contribution in [2.75, 3.05) is 11.6 Å². The van der Waals surface area contributed by atoms with E-state index in [1.54, 1.807) is 10.6 Å². The number of benzene rings is 3. The predicted molar refractivity (Wildman–Crippen MR) is 143 cm³/mol. The van der Waals surface area contributed by atoms with Crippen LogP contribution in [0.3, 0.4) is 0 Å². The third-order valence-electron chi connectivity index (χ3n) is 6.28. The van der Waals surface area contributed by atoms with Crippen molar-refractivity contribution in [2.24, 2.45) is 0 Å². The average molecular weight is 505 g/mol. The molecule has 2 heterocycles. The van der Waals surface area contributed by atoms with Gasteiger partial charge in [-0.2, -0.15) is 0 Å². The van der Waals surface area contributed by atoms with E-state index in [0.29, 0.717) is 47.9 Å². The van der Waals surface area contributed by atoms with E-state index in [2.05, 4.69) is 36.1 Å². The second-order valence-electron chi connectivity index (χ2n) is 9.02. The number of rotatable bonds is 5. The normalized spacial score (nSPS) is 13.7. The molecule has 0 radical (unpaired) electrons. The van der Waals surface area contributed by atoms with Crippen LogP contribution in [0.4, 0.5) is 11.6 Å². The van der Waals surface area contributed by atoms with Crippen LogP contribution in [0, 0.1) is 13.8 Å². The first-order chi connectivity index (χ1) is 16.9. The van der Waals surface area contributed by atoms with E-state index >= 15 is 0 Å². The van der Waals surface area contributed by atoms with Crippen LogP contribution in [-0.4, -0.2) is 21.1 Å². The molecule has 0 atom stereocenters. The molecule has 5 nitrogen and oxygen atoms in total. The van der Waals surface area contributed by atoms with Gasteiger partial charge in [0.1, 0.15) is 0 Å². The Kier molecular flexibility index (Phi) is 6.65. The molecule has 0 amide bonds. The maximum Gasteiger partial charge on any atom is 0.259 e. The van der Waals surface area contributed by atoms with Crippen LogP contribution in [0.25, 0.3) is 0 Å². The summed E-state index contributed by atoms with van der Waals surface area (Å²) in [6.07, 6.45) is 0.541. The number of anilines is 2. The average Bonchev–Trinajstić information content (AvgIpc) is 2.83. The smallest absolute Gasteiger partial charge is 0.259 e. The van der Waals surface area contributed by atoms with Gasteiger partial charge in [-0.25, -0.2) is 4.98 Å². The molecule has 178 valence electrons. The van der Waals surface area contributed by atoms with Crippen LogP contribution in [0.15, 0.2) is 77.6 Å². The molecule has 3 aromatic carbocycles. The first kappa shape index (κ1) is 23.6. The van der Waals surface area contributed by atoms with Crippen molar-refractivity contribution >= 4 is 34.8 Å². The zero-order valence-electron chi connectivity index (χ0n) is 19.7. The Hall–Kier alpha value is -3.12. The van der Waals surface area contributed by atoms with Crippen molar-refractivity contribution in [3.63, 3.8) is 0 Å². The monoisotopic (exact) mass is 504 g/mol. The van der Waals surface area contributed by atoms with Crippen LogP contribution in [-0.2, 0) is 19.6 Å². The largest absolute Gasteiger partial charge is 0.298 e. The van der Waals surface area contributed by atoms with Crippen molar-refractivity contribution in [1.29, 1.82) is 0 Å². The van der Waals surface area contributed by atoms with E-state index in [9.17, 15) is 4.79 Å². The third-order valence-corrected chi connectivity index (χ3v) is 6.72. The van der Waals surface area contributed by atoms with Gasteiger partial charge in [-0.15, -0.1) is 0 Å². The zero-order valence-corrected chi connectivity index (χ0v) is 21.2. The van der Waals surface area contributed by atoms with Gasteiger partial charge in [0.15, 0.2) is 0 Å². The first-order valence-electron chi connectivity index (χ1n) is 11.5. The number of hydrogen-bond donors (Lipinski definition) is 0. The molecular weight excluding hydrogens is 479 g/mol. The molecule has 0 fully saturated rings. The zero-order chi connectivity index (χ0) is 24.5. The van der Waals surface area contributed by atoms with Gasteiger partial charge in [0.25, 0.3) is 5.56 Å². The number of nitrogens with zero attached hydrogens (tertiary/aromatic N) is 4. The topological polar surface area (TPSA) is 41.4 Å². The molecule has 0 N–H and O–H groups in total. The highest BCUT2D eigenvalue weighted by molar-refractivity contribution is 6.35. The quantitative estimate of drug-likeness (QED) is 0.318. The van der Waals surface area contributed by atoms with Crippen molar-refractivity contribution < 1.29 is 0 Å². The minimum atomic E-state index is -0.0249. The van der Waals surface area contributed by atoms with Gasteiger partial charge >= 0.3 is 0 Å². The highest BCUT2D eigenvalue weighted by Crippen LogP contribution is 2.32. The van der Waals surface area contributed by atoms with Crippen molar-refractivity contribution in [2.45, 2.75) is 33.5 Å². The van der Waals surface area contributed by atoms with Crippen molar-refractivity contribution in [3.8, 4) is 0 Å². The molecule has 1 aliphatic rings. The van der Waals surface area contributed by atoms with Gasteiger partial charge in [-0.05, 0) is 43.2 Å². The van der Waals surface area contributed by atoms with Gasteiger partial charge < -0.3 is 0 Å². The second kappa shape index (κ2) is 9.86. The van der Waals surface area contributed by atoms with Crippen molar-refractivity contribution in [1.82, 2.24) is 14.5 Å². The molecule has 0 saturated carbocycles. The maximum absolute atomic E-state index is 13.8. The molecule has 4 aromatic rings. The fourth-order valence-electron chi connectivity index (χ4n) is 4.48. The van der Waals surface area contributed by atoms with Gasteiger partial charge in [0.05, 0.1) is 19.0 Å². The highest BCUT2D eigenvalue weighted by atomic mass is 35.5. The predicted octanol–water partition coefficient (Wildman–Crippen LogP) is 6.33. The summed E-state index contributed by atoms with van der Waals surface area (Å²) in [5, 5.41) is 1.07. The van der Waals surface area contributed by atoms with Crippen LogP contribution in [0.5, 0.6) is 0 Å². The Balaban J connectivity index is 1.59. The Morgan fingerprint density at radius 3 is 2.23 bits per heavy atom. The lowest BCUT2D eigenvalue weighted by atomic mass is 10.1. The Morgan fingerprint density at radius 2 is 1.54 bits per heavy atom. The standard InChI is InChI=1S/C28H26Cl2N4O/c1-19-8-10-22(11-9-19)16-32-17-33(25-14-23(29)13-24(30)15-25)28-31-20(2)26(27(35)34(28)18-32)12-21-6-4-3-5-7-21/h3-11,13-15H,12,16-18H2,1-2H3. The van der Waals surface area contributed by atoms with Crippen LogP contribution >= 0.6 is 23.2 Å². The summed E-state index contributed by atoms with van der Waals surface area (Å²) in [5.41, 5.74) is 5.70. The lowest BCUT2D eigenvalue weighted by Crippen LogP contribution is -2.47. The van der Waals surface area contributed by atoms with E-state index in [4.69, 9.17) is 28.2 Å². The van der Waals surface area contributed by atoms with Crippen molar-refractivity contribution in [3.05, 3.63) is 121 Å². The highest BCUT2D eigenvalue weighted by Gasteiger charge is 2.28. The Morgan fingerprint density at radius 1 is 0.857 bits per heavy atom. The Bertz CT molecular complexity index is 1400. The number of aromatic nitrogens is 2. The SMILES string of the molecule is Cc1ccc(CN2CN(c3cc(Cl)cc(Cl)c3)c3nc(C)c(Cc4ccccc4)c(=O)n3C2)cc1. The number of hydrogen-bond acceptors (Lipinski definition) is 4. The lowest BCUT2D eigenvalue weighted by Gasteiger charge is -2.38. The minimum absolute atomic E-state index is 0.0249. The molecule has 0 unspecified atom stereocenters. The first-order valence-corrected chi connectivity index (χ1v) is 12.3. The van der Waals surface area contributed by atoms with Gasteiger partial charge in [-0.1, -0.05) is 83.4 Å². The van der Waals surface area contributed by atoms with Crippen LogP contribution < -0.4 is 10.5 Å². The van der Waals surface area contributed by atoms with E-state index in [-0.39, 0.29) is 5.56 Å². The molecule has 35 heavy (non-hydrogen) atoms. The summed E-state index contributed by atoms with van der Waals surface area (Å²) >= 11 is 12.7. The summed E-state index contributed by atoms with van der Waals surface area (Å²) in [6.45, 7) is 5.67. The second-order valence-corrected chi connectivity index (χ2v) is 9.90. The molecule has 5 rings (SSSR count). The van der Waals surface area contributed by atoms with Gasteiger partial charge in [0, 0.05) is 34.3 Å². The summed E-state index contributed by atoms with van der Waals surface area (Å²) in [6, 6.07) is 23.9. The molecular formula is C28H26Cl2N4O. The molecule has 1 aliphatic heterocycles. The summed E-state index contributed by atoms with van der Waals surface area (Å²) in [4.78, 5) is 23.0. The Labute approximate surface area is 215 Å². The summed E-state index contributed by atoms with van der Waals surface area (Å²) in [7, 11) is 0. The van der Waals surface area contributed by atoms with E-state index in [0.717, 1.165) is 16.9 Å². The molecule has 0 aliphatic carbocycles. The molecule has 1 aromatic heterocycles. The molecule has 0 spiro atoms. The molecule has 0 saturated heterocycles. The maximum atomic E-state index is 13.8. The van der Waals surface area contributed by atoms with Gasteiger partial charge in [0.2, 0.25) is 5.95 Å². The number of aryl methyl sites for hydroxylation is 2. The van der Waals surface area contributed by atoms with Crippen LogP contribution in [0.1, 0.15) is 27.9 Å². The summed E-state index contributed by atoms with van der Waals surface area (Å²) in [5.74, 6) is 0.600. The van der Waals surface area contributed by atoms with E-state index < -0.39 is 0 Å². The fraction of sp³-hybridized carbons (Fsp3) is 0.214. The number of fused-ring (bicyclic) bond motifs is 1. The minimum Gasteiger partial charge on any atom is -0.298 e. The number of halogens is 2. The van der Waals surface area contributed by atoms with E-state index in [1.807, 2.05) is 54.3 Å². The lowest BCUT2D eigenvalue weighted by molar-refractivity contribution is 0.190. The fourth-order valence-corrected chi connectivity index (χ4v) is 4.99. The van der Waals surface area contributed by atoms with Crippen LogP contribution in [0.2, 0.25) is 10.0 Å². The van der Waals surface area contributed by atoms with E-state index in [1.165, 1.54) is 11.1 Å². The third kappa shape index (κ3) is 5.13. The van der Waals surface area contributed by atoms with Gasteiger partial charge in [-0.3, -0.25) is 19.2 Å². The molecule has 7 heteroatoms. The summed E-state index contributed by atoms with van der Waals surface area (Å²) < 4.78 is 1.76.